The molecule has 0 fully saturated rings. The van der Waals surface area contributed by atoms with E-state index >= 15 is 0 Å². The second-order valence-electron chi connectivity index (χ2n) is 4.28. The number of halogens is 3. The summed E-state index contributed by atoms with van der Waals surface area (Å²) in [6, 6.07) is 4.67. The number of hydrogen-bond acceptors (Lipinski definition) is 4. The molecule has 0 saturated heterocycles. The number of nitrogens with zero attached hydrogens (tertiary/aromatic N) is 1. The topological polar surface area (TPSA) is 92.5 Å². The second-order valence-corrected chi connectivity index (χ2v) is 6.56. The van der Waals surface area contributed by atoms with Crippen LogP contribution in [0.1, 0.15) is 25.0 Å². The molecule has 0 aromatic heterocycles. The molecule has 116 valence electrons. The quantitative estimate of drug-likeness (QED) is 0.482. The Balaban J connectivity index is 2.85. The molecular weight excluding hydrogens is 343 g/mol. The highest BCUT2D eigenvalue weighted by Gasteiger charge is 2.33. The number of nitrogens with one attached hydrogen (secondary N) is 1. The maximum Gasteiger partial charge on any atom is 0.272 e. The molecule has 0 saturated carbocycles. The minimum Gasteiger partial charge on any atom is -0.386 e. The summed E-state index contributed by atoms with van der Waals surface area (Å²) in [6.07, 6.45) is -0.697. The number of carbonyl (C=O) groups excluding carboxylic acids is 1. The summed E-state index contributed by atoms with van der Waals surface area (Å²) in [7, 11) is 0. The number of benzene rings is 1. The van der Waals surface area contributed by atoms with Crippen molar-refractivity contribution in [1.29, 1.82) is 0 Å². The third-order valence-corrected chi connectivity index (χ3v) is 3.36. The summed E-state index contributed by atoms with van der Waals surface area (Å²) in [5.74, 6) is -0.847. The number of aliphatic hydroxyl groups excluding tert-OH is 1. The largest absolute Gasteiger partial charge is 0.386 e. The molecule has 0 aliphatic rings. The van der Waals surface area contributed by atoms with Gasteiger partial charge in [-0.1, -0.05) is 41.7 Å². The summed E-state index contributed by atoms with van der Waals surface area (Å²) in [5, 5.41) is 23.2. The molecule has 2 N–H and O–H groups in total. The lowest BCUT2D eigenvalue weighted by atomic mass is 10.00. The van der Waals surface area contributed by atoms with Crippen LogP contribution in [0.2, 0.25) is 0 Å². The third-order valence-electron chi connectivity index (χ3n) is 2.84. The van der Waals surface area contributed by atoms with E-state index < -0.39 is 26.8 Å². The molecule has 0 bridgehead atoms. The first kappa shape index (κ1) is 18.0. The summed E-state index contributed by atoms with van der Waals surface area (Å²) < 4.78 is -2.12. The number of carbonyl (C=O) groups is 1. The van der Waals surface area contributed by atoms with Gasteiger partial charge >= 0.3 is 0 Å². The van der Waals surface area contributed by atoms with Gasteiger partial charge in [0.1, 0.15) is 0 Å². The van der Waals surface area contributed by atoms with E-state index in [9.17, 15) is 20.0 Å². The fraction of sp³-hybridized carbons (Fsp3) is 0.417. The Bertz CT molecular complexity index is 516. The Kier molecular flexibility index (Phi) is 6.22. The highest BCUT2D eigenvalue weighted by molar-refractivity contribution is 6.76. The number of rotatable bonds is 5. The van der Waals surface area contributed by atoms with Crippen molar-refractivity contribution in [3.05, 3.63) is 39.9 Å². The fourth-order valence-corrected chi connectivity index (χ4v) is 1.84. The summed E-state index contributed by atoms with van der Waals surface area (Å²) >= 11 is 16.4. The maximum absolute atomic E-state index is 11.6. The summed E-state index contributed by atoms with van der Waals surface area (Å²) in [5.41, 5.74) is 0.321. The molecule has 9 heteroatoms. The van der Waals surface area contributed by atoms with Crippen molar-refractivity contribution in [2.75, 3.05) is 0 Å². The van der Waals surface area contributed by atoms with E-state index in [4.69, 9.17) is 34.8 Å². The SMILES string of the molecule is CC[C@H](NC(=O)C(Cl)(Cl)Cl)[C@H](O)c1ccc([N+](=O)[O-])cc1. The molecule has 0 unspecified atom stereocenters. The number of nitro benzene ring substituents is 1. The third kappa shape index (κ3) is 5.00. The normalized spacial score (nSPS) is 14.3. The second kappa shape index (κ2) is 7.26. The number of hydrogen-bond donors (Lipinski definition) is 2. The van der Waals surface area contributed by atoms with Gasteiger partial charge in [0.2, 0.25) is 0 Å². The summed E-state index contributed by atoms with van der Waals surface area (Å²) in [6.45, 7) is 1.73. The maximum atomic E-state index is 11.6. The minimum absolute atomic E-state index is 0.0932. The van der Waals surface area contributed by atoms with Gasteiger partial charge in [0.25, 0.3) is 15.4 Å². The molecular formula is C12H13Cl3N2O4. The Morgan fingerprint density at radius 1 is 1.38 bits per heavy atom. The van der Waals surface area contributed by atoms with Crippen molar-refractivity contribution in [2.24, 2.45) is 0 Å². The number of amides is 1. The van der Waals surface area contributed by atoms with Crippen LogP contribution in [0.5, 0.6) is 0 Å². The Labute approximate surface area is 136 Å². The lowest BCUT2D eigenvalue weighted by Gasteiger charge is -2.24. The standard InChI is InChI=1S/C12H13Cl3N2O4/c1-2-9(16-11(19)12(13,14)15)10(18)7-3-5-8(6-4-7)17(20)21/h3-6,9-10,18H,2H2,1H3,(H,16,19)/t9-,10+/m0/s1. The molecule has 0 aliphatic carbocycles. The molecule has 2 atom stereocenters. The average Bonchev–Trinajstić information content (AvgIpc) is 2.42. The predicted molar refractivity (Wildman–Crippen MR) is 80.6 cm³/mol. The number of nitro groups is 1. The highest BCUT2D eigenvalue weighted by atomic mass is 35.6. The van der Waals surface area contributed by atoms with Crippen molar-refractivity contribution in [3.8, 4) is 0 Å². The van der Waals surface area contributed by atoms with Crippen molar-refractivity contribution >= 4 is 46.4 Å². The van der Waals surface area contributed by atoms with Crippen LogP contribution in [-0.4, -0.2) is 25.8 Å². The van der Waals surface area contributed by atoms with E-state index in [0.29, 0.717) is 12.0 Å². The van der Waals surface area contributed by atoms with Gasteiger partial charge in [-0.05, 0) is 24.1 Å². The zero-order valence-corrected chi connectivity index (χ0v) is 13.2. The zero-order valence-electron chi connectivity index (χ0n) is 10.9. The molecule has 0 heterocycles. The Morgan fingerprint density at radius 3 is 2.29 bits per heavy atom. The van der Waals surface area contributed by atoms with Gasteiger partial charge in [-0.2, -0.15) is 0 Å². The smallest absolute Gasteiger partial charge is 0.272 e. The monoisotopic (exact) mass is 354 g/mol. The van der Waals surface area contributed by atoms with Gasteiger partial charge in [0.05, 0.1) is 17.1 Å². The molecule has 1 aromatic carbocycles. The van der Waals surface area contributed by atoms with E-state index in [-0.39, 0.29) is 5.69 Å². The van der Waals surface area contributed by atoms with Crippen LogP contribution in [0, 0.1) is 10.1 Å². The van der Waals surface area contributed by atoms with Crippen LogP contribution in [0.15, 0.2) is 24.3 Å². The van der Waals surface area contributed by atoms with Crippen LogP contribution in [0.4, 0.5) is 5.69 Å². The van der Waals surface area contributed by atoms with Crippen molar-refractivity contribution in [3.63, 3.8) is 0 Å². The number of aliphatic hydroxyl groups is 1. The molecule has 6 nitrogen and oxygen atoms in total. The predicted octanol–water partition coefficient (Wildman–Crippen LogP) is 2.89. The first-order valence-corrected chi connectivity index (χ1v) is 7.10. The number of alkyl halides is 3. The fourth-order valence-electron chi connectivity index (χ4n) is 1.68. The molecule has 0 aliphatic heterocycles. The average molecular weight is 356 g/mol. The van der Waals surface area contributed by atoms with Crippen LogP contribution < -0.4 is 5.32 Å². The molecule has 21 heavy (non-hydrogen) atoms. The Morgan fingerprint density at radius 2 is 1.90 bits per heavy atom. The van der Waals surface area contributed by atoms with Crippen LogP contribution >= 0.6 is 34.8 Å². The first-order valence-electron chi connectivity index (χ1n) is 5.97. The highest BCUT2D eigenvalue weighted by Crippen LogP contribution is 2.28. The lowest BCUT2D eigenvalue weighted by Crippen LogP contribution is -2.44. The van der Waals surface area contributed by atoms with Crippen molar-refractivity contribution in [2.45, 2.75) is 29.3 Å². The molecule has 1 aromatic rings. The molecule has 1 amide bonds. The van der Waals surface area contributed by atoms with Gasteiger partial charge in [-0.25, -0.2) is 0 Å². The minimum atomic E-state index is -2.12. The number of non-ortho nitro benzene ring substituents is 1. The zero-order chi connectivity index (χ0) is 16.2. The first-order chi connectivity index (χ1) is 9.66. The van der Waals surface area contributed by atoms with Crippen molar-refractivity contribution < 1.29 is 14.8 Å². The van der Waals surface area contributed by atoms with E-state index in [0.717, 1.165) is 0 Å². The van der Waals surface area contributed by atoms with Gasteiger partial charge < -0.3 is 10.4 Å². The van der Waals surface area contributed by atoms with E-state index in [1.54, 1.807) is 6.92 Å². The molecule has 1 rings (SSSR count). The van der Waals surface area contributed by atoms with Crippen LogP contribution in [0.3, 0.4) is 0 Å². The van der Waals surface area contributed by atoms with Crippen molar-refractivity contribution in [1.82, 2.24) is 5.32 Å². The Hall–Kier alpha value is -1.08. The molecule has 0 spiro atoms. The van der Waals surface area contributed by atoms with E-state index in [2.05, 4.69) is 5.32 Å². The van der Waals surface area contributed by atoms with E-state index in [1.165, 1.54) is 24.3 Å². The van der Waals surface area contributed by atoms with Gasteiger partial charge in [0, 0.05) is 12.1 Å². The summed E-state index contributed by atoms with van der Waals surface area (Å²) in [4.78, 5) is 21.6. The van der Waals surface area contributed by atoms with E-state index in [1.807, 2.05) is 0 Å². The lowest BCUT2D eigenvalue weighted by molar-refractivity contribution is -0.384. The van der Waals surface area contributed by atoms with Crippen LogP contribution in [0.25, 0.3) is 0 Å². The van der Waals surface area contributed by atoms with Gasteiger partial charge in [-0.3, -0.25) is 14.9 Å². The van der Waals surface area contributed by atoms with Crippen LogP contribution in [-0.2, 0) is 4.79 Å². The van der Waals surface area contributed by atoms with Gasteiger partial charge in [0.15, 0.2) is 0 Å². The molecule has 0 radical (unpaired) electrons. The van der Waals surface area contributed by atoms with Gasteiger partial charge in [-0.15, -0.1) is 0 Å².